The van der Waals surface area contributed by atoms with Gasteiger partial charge in [-0.25, -0.2) is 8.78 Å². The summed E-state index contributed by atoms with van der Waals surface area (Å²) < 4.78 is 25.1. The number of hydrogen-bond donors (Lipinski definition) is 1. The summed E-state index contributed by atoms with van der Waals surface area (Å²) in [6, 6.07) is 0.0436. The molecule has 72 valence electrons. The Morgan fingerprint density at radius 1 is 1.25 bits per heavy atom. The normalized spacial score (nSPS) is 35.8. The van der Waals surface area contributed by atoms with Crippen molar-refractivity contribution in [3.05, 3.63) is 0 Å². The van der Waals surface area contributed by atoms with Gasteiger partial charge in [-0.3, -0.25) is 0 Å². The lowest BCUT2D eigenvalue weighted by Crippen LogP contribution is -2.53. The van der Waals surface area contributed by atoms with Crippen molar-refractivity contribution in [2.24, 2.45) is 11.1 Å². The van der Waals surface area contributed by atoms with Crippen LogP contribution in [0.5, 0.6) is 0 Å². The van der Waals surface area contributed by atoms with Gasteiger partial charge in [-0.05, 0) is 18.3 Å². The molecule has 2 aliphatic rings. The Hall–Kier alpha value is 0.110. The van der Waals surface area contributed by atoms with E-state index in [2.05, 4.69) is 0 Å². The Kier molecular flexibility index (Phi) is 2.39. The molecule has 0 heterocycles. The molecule has 0 aromatic heterocycles. The Bertz CT molecular complexity index is 176. The fraction of sp³-hybridized carbons (Fsp3) is 1.00. The zero-order valence-electron chi connectivity index (χ0n) is 6.85. The van der Waals surface area contributed by atoms with E-state index in [0.717, 1.165) is 19.3 Å². The highest BCUT2D eigenvalue weighted by Gasteiger charge is 2.60. The van der Waals surface area contributed by atoms with Gasteiger partial charge >= 0.3 is 0 Å². The molecule has 0 bridgehead atoms. The van der Waals surface area contributed by atoms with Crippen molar-refractivity contribution in [2.45, 2.75) is 44.1 Å². The van der Waals surface area contributed by atoms with Gasteiger partial charge in [0.15, 0.2) is 0 Å². The van der Waals surface area contributed by atoms with Crippen molar-refractivity contribution < 1.29 is 8.78 Å². The van der Waals surface area contributed by atoms with E-state index in [1.807, 2.05) is 0 Å². The molecule has 4 heteroatoms. The molecule has 0 aromatic carbocycles. The minimum absolute atomic E-state index is 0. The molecule has 1 nitrogen and oxygen atoms in total. The molecular formula is C8H14ClF2N. The molecule has 0 saturated heterocycles. The Morgan fingerprint density at radius 3 is 2.17 bits per heavy atom. The maximum Gasteiger partial charge on any atom is 0.249 e. The Morgan fingerprint density at radius 2 is 1.83 bits per heavy atom. The Balaban J connectivity index is 0.000000720. The van der Waals surface area contributed by atoms with E-state index in [9.17, 15) is 8.78 Å². The minimum Gasteiger partial charge on any atom is -0.327 e. The number of nitrogens with two attached hydrogens (primary N) is 1. The molecule has 1 spiro atoms. The molecule has 0 radical (unpaired) electrons. The highest BCUT2D eigenvalue weighted by molar-refractivity contribution is 5.85. The van der Waals surface area contributed by atoms with Gasteiger partial charge in [0.05, 0.1) is 0 Å². The molecule has 1 atom stereocenters. The molecule has 1 unspecified atom stereocenters. The van der Waals surface area contributed by atoms with Gasteiger partial charge in [0.25, 0.3) is 0 Å². The molecule has 12 heavy (non-hydrogen) atoms. The highest BCUT2D eigenvalue weighted by Crippen LogP contribution is 2.59. The monoisotopic (exact) mass is 197 g/mol. The molecule has 0 amide bonds. The van der Waals surface area contributed by atoms with Crippen molar-refractivity contribution >= 4 is 12.4 Å². The fourth-order valence-electron chi connectivity index (χ4n) is 2.58. The van der Waals surface area contributed by atoms with Crippen LogP contribution in [0.1, 0.15) is 32.1 Å². The summed E-state index contributed by atoms with van der Waals surface area (Å²) in [6.45, 7) is 0. The summed E-state index contributed by atoms with van der Waals surface area (Å²) in [5.74, 6) is -2.40. The van der Waals surface area contributed by atoms with Crippen LogP contribution < -0.4 is 5.73 Å². The quantitative estimate of drug-likeness (QED) is 0.634. The third-order valence-corrected chi connectivity index (χ3v) is 3.20. The lowest BCUT2D eigenvalue weighted by atomic mass is 9.63. The van der Waals surface area contributed by atoms with E-state index < -0.39 is 5.92 Å². The summed E-state index contributed by atoms with van der Waals surface area (Å²) >= 11 is 0. The second-order valence-corrected chi connectivity index (χ2v) is 4.07. The van der Waals surface area contributed by atoms with Crippen LogP contribution in [0, 0.1) is 5.41 Å². The third kappa shape index (κ3) is 1.33. The van der Waals surface area contributed by atoms with Crippen molar-refractivity contribution in [1.29, 1.82) is 0 Å². The van der Waals surface area contributed by atoms with Gasteiger partial charge in [0.1, 0.15) is 0 Å². The van der Waals surface area contributed by atoms with Crippen molar-refractivity contribution in [2.75, 3.05) is 0 Å². The van der Waals surface area contributed by atoms with E-state index in [0.29, 0.717) is 0 Å². The van der Waals surface area contributed by atoms with Crippen LogP contribution in [0.25, 0.3) is 0 Å². The highest BCUT2D eigenvalue weighted by atomic mass is 35.5. The number of alkyl halides is 2. The minimum atomic E-state index is -2.40. The summed E-state index contributed by atoms with van der Waals surface area (Å²) in [5.41, 5.74) is 5.60. The summed E-state index contributed by atoms with van der Waals surface area (Å²) in [5, 5.41) is 0. The van der Waals surface area contributed by atoms with E-state index >= 15 is 0 Å². The first-order chi connectivity index (χ1) is 5.04. The van der Waals surface area contributed by atoms with Gasteiger partial charge < -0.3 is 5.73 Å². The van der Waals surface area contributed by atoms with E-state index in [1.165, 1.54) is 0 Å². The standard InChI is InChI=1S/C8H13F2N.ClH/c9-8(10)4-7(5-8)3-1-2-6(7)11;/h6H,1-5,11H2;1H. The summed E-state index contributed by atoms with van der Waals surface area (Å²) in [7, 11) is 0. The van der Waals surface area contributed by atoms with Gasteiger partial charge in [0.2, 0.25) is 5.92 Å². The van der Waals surface area contributed by atoms with Crippen LogP contribution in [0.4, 0.5) is 8.78 Å². The molecule has 2 rings (SSSR count). The lowest BCUT2D eigenvalue weighted by molar-refractivity contribution is -0.163. The third-order valence-electron chi connectivity index (χ3n) is 3.20. The van der Waals surface area contributed by atoms with Gasteiger partial charge in [0, 0.05) is 18.9 Å². The van der Waals surface area contributed by atoms with E-state index in [4.69, 9.17) is 5.73 Å². The number of hydrogen-bond acceptors (Lipinski definition) is 1. The largest absolute Gasteiger partial charge is 0.327 e. The second-order valence-electron chi connectivity index (χ2n) is 4.07. The summed E-state index contributed by atoms with van der Waals surface area (Å²) in [4.78, 5) is 0. The summed E-state index contributed by atoms with van der Waals surface area (Å²) in [6.07, 6.45) is 2.99. The average molecular weight is 198 g/mol. The molecule has 2 aliphatic carbocycles. The molecule has 0 aromatic rings. The predicted octanol–water partition coefficient (Wildman–Crippen LogP) is 2.33. The molecule has 2 saturated carbocycles. The molecule has 0 aliphatic heterocycles. The zero-order valence-corrected chi connectivity index (χ0v) is 7.67. The SMILES string of the molecule is Cl.NC1CCCC12CC(F)(F)C2. The van der Waals surface area contributed by atoms with Crippen LogP contribution >= 0.6 is 12.4 Å². The predicted molar refractivity (Wildman–Crippen MR) is 45.7 cm³/mol. The number of rotatable bonds is 0. The first-order valence-corrected chi connectivity index (χ1v) is 4.18. The van der Waals surface area contributed by atoms with Gasteiger partial charge in [-0.15, -0.1) is 12.4 Å². The van der Waals surface area contributed by atoms with Crippen molar-refractivity contribution in [3.8, 4) is 0 Å². The van der Waals surface area contributed by atoms with Gasteiger partial charge in [-0.2, -0.15) is 0 Å². The van der Waals surface area contributed by atoms with Crippen molar-refractivity contribution in [3.63, 3.8) is 0 Å². The lowest BCUT2D eigenvalue weighted by Gasteiger charge is -2.47. The smallest absolute Gasteiger partial charge is 0.249 e. The average Bonchev–Trinajstić information content (AvgIpc) is 2.10. The van der Waals surface area contributed by atoms with Crippen LogP contribution in [0.3, 0.4) is 0 Å². The zero-order chi connectivity index (χ0) is 8.11. The first kappa shape index (κ1) is 10.2. The second kappa shape index (κ2) is 2.81. The Labute approximate surface area is 77.1 Å². The number of halogens is 3. The fourth-order valence-corrected chi connectivity index (χ4v) is 2.58. The maximum absolute atomic E-state index is 12.6. The van der Waals surface area contributed by atoms with Crippen LogP contribution in [0.2, 0.25) is 0 Å². The topological polar surface area (TPSA) is 26.0 Å². The maximum atomic E-state index is 12.6. The van der Waals surface area contributed by atoms with Crippen molar-refractivity contribution in [1.82, 2.24) is 0 Å². The van der Waals surface area contributed by atoms with Crippen LogP contribution in [-0.2, 0) is 0 Å². The van der Waals surface area contributed by atoms with Gasteiger partial charge in [-0.1, -0.05) is 6.42 Å². The molecule has 2 N–H and O–H groups in total. The molecular weight excluding hydrogens is 184 g/mol. The first-order valence-electron chi connectivity index (χ1n) is 4.18. The van der Waals surface area contributed by atoms with E-state index in [1.54, 1.807) is 0 Å². The van der Waals surface area contributed by atoms with Crippen LogP contribution in [0.15, 0.2) is 0 Å². The molecule has 2 fully saturated rings. The van der Waals surface area contributed by atoms with Crippen LogP contribution in [-0.4, -0.2) is 12.0 Å². The van der Waals surface area contributed by atoms with E-state index in [-0.39, 0.29) is 36.7 Å².